The first-order valence-corrected chi connectivity index (χ1v) is 21.2. The second kappa shape index (κ2) is 18.9. The molecule has 2 heterocycles. The predicted molar refractivity (Wildman–Crippen MR) is 213 cm³/mol. The molecule has 2 fully saturated rings. The van der Waals surface area contributed by atoms with Crippen LogP contribution in [0.4, 0.5) is 11.4 Å². The Morgan fingerprint density at radius 3 is 1.62 bits per heavy atom. The van der Waals surface area contributed by atoms with Crippen LogP contribution in [0, 0.1) is 11.3 Å². The van der Waals surface area contributed by atoms with E-state index in [1.807, 2.05) is 6.07 Å². The fraction of sp³-hybridized carbons (Fsp3) is 0.222. The summed E-state index contributed by atoms with van der Waals surface area (Å²) in [4.78, 5) is 25.4. The third kappa shape index (κ3) is 10.4. The van der Waals surface area contributed by atoms with Gasteiger partial charge in [0.15, 0.2) is 5.84 Å². The van der Waals surface area contributed by atoms with Gasteiger partial charge in [-0.2, -0.15) is 13.9 Å². The maximum atomic E-state index is 12.8. The molecule has 0 atom stereocenters. The predicted octanol–water partition coefficient (Wildman–Crippen LogP) is 4.41. The number of nitrogens with one attached hydrogen (secondary N) is 2. The lowest BCUT2D eigenvalue weighted by atomic mass is 10.1. The molecule has 6 rings (SSSR count). The van der Waals surface area contributed by atoms with Crippen molar-refractivity contribution in [3.8, 4) is 6.07 Å². The van der Waals surface area contributed by atoms with Gasteiger partial charge in [0.05, 0.1) is 53.2 Å². The first-order valence-electron chi connectivity index (χ1n) is 16.7. The minimum absolute atomic E-state index is 0.0273. The number of nitrogens with two attached hydrogens (primary N) is 1. The Kier molecular flexibility index (Phi) is 14.4. The van der Waals surface area contributed by atoms with E-state index in [0.29, 0.717) is 53.4 Å². The summed E-state index contributed by atoms with van der Waals surface area (Å²) in [6, 6.07) is 23.4. The van der Waals surface area contributed by atoms with Crippen molar-refractivity contribution in [1.29, 1.82) is 5.26 Å². The number of nitriles is 1. The molecule has 0 aliphatic carbocycles. The Labute approximate surface area is 340 Å². The third-order valence-electron chi connectivity index (χ3n) is 8.37. The summed E-state index contributed by atoms with van der Waals surface area (Å²) < 4.78 is 65.6. The standard InChI is InChI=1S/C18H19BrN4O5S.C18H16BrN3O4S/c19-13-4-5-16(15(11-13)17(20)22-25)21-18(24)12-2-1-3-14(10-12)29(26,27)23-6-8-28-9-7-23;19-15-4-5-17(14(10-15)12-20)21-18(23)13-2-1-3-16(11-13)27(24,25)22-6-8-26-9-7-22/h1-5,10-11,25H,6-9H2,(H2,20,22)(H,21,24);1-5,10-11H,6-9H2,(H,21,23). The molecule has 0 unspecified atom stereocenters. The zero-order valence-corrected chi connectivity index (χ0v) is 34.2. The van der Waals surface area contributed by atoms with E-state index in [1.54, 1.807) is 36.4 Å². The Bertz CT molecular complexity index is 2400. The van der Waals surface area contributed by atoms with Gasteiger partial charge in [-0.1, -0.05) is 49.1 Å². The summed E-state index contributed by atoms with van der Waals surface area (Å²) in [5, 5.41) is 26.4. The van der Waals surface area contributed by atoms with Gasteiger partial charge in [0.2, 0.25) is 20.0 Å². The van der Waals surface area contributed by atoms with Crippen LogP contribution >= 0.6 is 31.9 Å². The summed E-state index contributed by atoms with van der Waals surface area (Å²) in [7, 11) is -7.42. The molecule has 2 aliphatic heterocycles. The highest BCUT2D eigenvalue weighted by atomic mass is 79.9. The van der Waals surface area contributed by atoms with E-state index in [4.69, 9.17) is 20.4 Å². The minimum Gasteiger partial charge on any atom is -0.409 e. The Morgan fingerprint density at radius 2 is 1.16 bits per heavy atom. The number of carbonyl (C=O) groups excluding carboxylic acids is 2. The van der Waals surface area contributed by atoms with E-state index >= 15 is 0 Å². The van der Waals surface area contributed by atoms with E-state index in [2.05, 4.69) is 47.6 Å². The minimum atomic E-state index is -3.73. The van der Waals surface area contributed by atoms with Crippen molar-refractivity contribution >= 4 is 80.9 Å². The summed E-state index contributed by atoms with van der Waals surface area (Å²) in [6.07, 6.45) is 0. The number of morpholine rings is 2. The molecule has 2 amide bonds. The van der Waals surface area contributed by atoms with Crippen LogP contribution in [0.5, 0.6) is 0 Å². The van der Waals surface area contributed by atoms with Gasteiger partial charge in [-0.3, -0.25) is 9.59 Å². The number of oxime groups is 1. The highest BCUT2D eigenvalue weighted by Gasteiger charge is 2.28. The molecule has 294 valence electrons. The molecule has 56 heavy (non-hydrogen) atoms. The van der Waals surface area contributed by atoms with Crippen molar-refractivity contribution < 1.29 is 41.1 Å². The van der Waals surface area contributed by atoms with Crippen molar-refractivity contribution in [1.82, 2.24) is 8.61 Å². The van der Waals surface area contributed by atoms with Crippen LogP contribution in [0.25, 0.3) is 0 Å². The van der Waals surface area contributed by atoms with Gasteiger partial charge in [-0.25, -0.2) is 16.8 Å². The lowest BCUT2D eigenvalue weighted by Crippen LogP contribution is -2.40. The van der Waals surface area contributed by atoms with Gasteiger partial charge in [-0.05, 0) is 72.8 Å². The lowest BCUT2D eigenvalue weighted by Gasteiger charge is -2.26. The highest BCUT2D eigenvalue weighted by molar-refractivity contribution is 9.10. The van der Waals surface area contributed by atoms with Crippen molar-refractivity contribution in [2.45, 2.75) is 9.79 Å². The number of amides is 2. The molecule has 0 aromatic heterocycles. The van der Waals surface area contributed by atoms with Gasteiger partial charge >= 0.3 is 0 Å². The Hall–Kier alpha value is -4.72. The van der Waals surface area contributed by atoms with Crippen molar-refractivity contribution in [2.75, 3.05) is 63.2 Å². The van der Waals surface area contributed by atoms with Crippen LogP contribution in [0.3, 0.4) is 0 Å². The molecule has 0 spiro atoms. The third-order valence-corrected chi connectivity index (χ3v) is 13.1. The maximum absolute atomic E-state index is 12.8. The van der Waals surface area contributed by atoms with E-state index in [-0.39, 0.29) is 52.9 Å². The maximum Gasteiger partial charge on any atom is 0.255 e. The summed E-state index contributed by atoms with van der Waals surface area (Å²) in [5.41, 5.74) is 7.31. The lowest BCUT2D eigenvalue weighted by molar-refractivity contribution is 0.0730. The number of halogens is 2. The van der Waals surface area contributed by atoms with E-state index < -0.39 is 31.9 Å². The molecule has 5 N–H and O–H groups in total. The second-order valence-electron chi connectivity index (χ2n) is 12.0. The quantitative estimate of drug-likeness (QED) is 0.0795. The molecular weight excluding hydrogens is 898 g/mol. The molecule has 0 saturated carbocycles. The van der Waals surface area contributed by atoms with E-state index in [9.17, 15) is 31.7 Å². The molecule has 2 aliphatic rings. The van der Waals surface area contributed by atoms with E-state index in [0.717, 1.165) is 4.47 Å². The SMILES string of the molecule is N#Cc1cc(Br)ccc1NC(=O)c1cccc(S(=O)(=O)N2CCOCC2)c1.N/C(=N\O)c1cc(Br)ccc1NC(=O)c1cccc(S(=O)(=O)N2CCOCC2)c1. The smallest absolute Gasteiger partial charge is 0.255 e. The van der Waals surface area contributed by atoms with Crippen molar-refractivity contribution in [3.63, 3.8) is 0 Å². The number of benzene rings is 4. The molecule has 20 heteroatoms. The number of carbonyl (C=O) groups is 2. The number of ether oxygens (including phenoxy) is 2. The Balaban J connectivity index is 0.000000215. The normalized spacial score (nSPS) is 15.5. The largest absolute Gasteiger partial charge is 0.409 e. The molecule has 0 bridgehead atoms. The van der Waals surface area contributed by atoms with Crippen LogP contribution in [-0.2, 0) is 29.5 Å². The van der Waals surface area contributed by atoms with Gasteiger partial charge in [-0.15, -0.1) is 0 Å². The fourth-order valence-corrected chi connectivity index (χ4v) is 9.10. The number of rotatable bonds is 9. The van der Waals surface area contributed by atoms with Gasteiger partial charge in [0.1, 0.15) is 6.07 Å². The van der Waals surface area contributed by atoms with Gasteiger partial charge in [0, 0.05) is 51.8 Å². The average molecular weight is 934 g/mol. The Morgan fingerprint density at radius 1 is 0.714 bits per heavy atom. The van der Waals surface area contributed by atoms with Crippen LogP contribution < -0.4 is 16.4 Å². The molecule has 0 radical (unpaired) electrons. The second-order valence-corrected chi connectivity index (χ2v) is 17.7. The molecule has 2 saturated heterocycles. The number of hydrogen-bond donors (Lipinski definition) is 4. The molecule has 16 nitrogen and oxygen atoms in total. The molecule has 4 aromatic rings. The number of amidine groups is 1. The van der Waals surface area contributed by atoms with Crippen LogP contribution in [-0.4, -0.2) is 101 Å². The van der Waals surface area contributed by atoms with Crippen LogP contribution in [0.15, 0.2) is 109 Å². The number of hydrogen-bond acceptors (Lipinski definition) is 11. The van der Waals surface area contributed by atoms with Crippen molar-refractivity contribution in [3.05, 3.63) is 116 Å². The van der Waals surface area contributed by atoms with Crippen LogP contribution in [0.1, 0.15) is 31.8 Å². The number of sulfonamides is 2. The zero-order chi connectivity index (χ0) is 40.5. The van der Waals surface area contributed by atoms with Gasteiger partial charge in [0.25, 0.3) is 11.8 Å². The van der Waals surface area contributed by atoms with Gasteiger partial charge < -0.3 is 31.0 Å². The molecule has 4 aromatic carbocycles. The summed E-state index contributed by atoms with van der Waals surface area (Å²) in [5.74, 6) is -1.20. The first-order chi connectivity index (χ1) is 26.7. The van der Waals surface area contributed by atoms with Crippen LogP contribution in [0.2, 0.25) is 0 Å². The van der Waals surface area contributed by atoms with E-state index in [1.165, 1.54) is 57.1 Å². The monoisotopic (exact) mass is 931 g/mol. The summed E-state index contributed by atoms with van der Waals surface area (Å²) in [6.45, 7) is 2.45. The fourth-order valence-electron chi connectivity index (χ4n) is 5.47. The highest BCUT2D eigenvalue weighted by Crippen LogP contribution is 2.25. The number of anilines is 2. The topological polar surface area (TPSA) is 234 Å². The molecular formula is C36H35Br2N7O9S2. The average Bonchev–Trinajstić information content (AvgIpc) is 3.22. The zero-order valence-electron chi connectivity index (χ0n) is 29.4. The first kappa shape index (κ1) is 42.4. The number of nitrogens with zero attached hydrogens (tertiary/aromatic N) is 4. The summed E-state index contributed by atoms with van der Waals surface area (Å²) >= 11 is 6.56. The van der Waals surface area contributed by atoms with Crippen molar-refractivity contribution in [2.24, 2.45) is 10.9 Å².